The van der Waals surface area contributed by atoms with Gasteiger partial charge in [-0.15, -0.1) is 0 Å². The number of rotatable bonds is 6. The number of nitrogens with one attached hydrogen (secondary N) is 1. The molecule has 1 unspecified atom stereocenters. The highest BCUT2D eigenvalue weighted by atomic mass is 35.5. The van der Waals surface area contributed by atoms with Gasteiger partial charge in [-0.25, -0.2) is 4.39 Å². The lowest BCUT2D eigenvalue weighted by Crippen LogP contribution is -2.27. The summed E-state index contributed by atoms with van der Waals surface area (Å²) in [4.78, 5) is 0. The summed E-state index contributed by atoms with van der Waals surface area (Å²) in [5.74, 6) is -0.447. The zero-order chi connectivity index (χ0) is 13.7. The smallest absolute Gasteiger partial charge is 0.141 e. The Kier molecular flexibility index (Phi) is 5.43. The lowest BCUT2D eigenvalue weighted by atomic mass is 10.3. The summed E-state index contributed by atoms with van der Waals surface area (Å²) in [5.41, 5.74) is 0.686. The molecule has 1 aromatic carbocycles. The van der Waals surface area contributed by atoms with Crippen molar-refractivity contribution in [2.45, 2.75) is 37.9 Å². The topological polar surface area (TPSA) is 41.5 Å². The van der Waals surface area contributed by atoms with E-state index in [-0.39, 0.29) is 5.02 Å². The van der Waals surface area contributed by atoms with E-state index >= 15 is 0 Å². The molecule has 0 spiro atoms. The average molecular weight is 288 g/mol. The van der Waals surface area contributed by atoms with Gasteiger partial charge in [0, 0.05) is 12.2 Å². The van der Waals surface area contributed by atoms with Crippen molar-refractivity contribution in [1.82, 2.24) is 0 Å². The molecule has 0 aliphatic heterocycles. The van der Waals surface area contributed by atoms with Crippen LogP contribution in [0.25, 0.3) is 0 Å². The number of halogens is 2. The SMILES string of the molecule is OC(CNc1ccc(F)c(Cl)c1)COC1CCCC1. The van der Waals surface area contributed by atoms with Crippen molar-refractivity contribution in [2.75, 3.05) is 18.5 Å². The fourth-order valence-corrected chi connectivity index (χ4v) is 2.38. The molecule has 0 amide bonds. The summed E-state index contributed by atoms with van der Waals surface area (Å²) in [6.07, 6.45) is 4.33. The first kappa shape index (κ1) is 14.6. The van der Waals surface area contributed by atoms with E-state index in [1.165, 1.54) is 25.0 Å². The Morgan fingerprint density at radius 1 is 1.42 bits per heavy atom. The summed E-state index contributed by atoms with van der Waals surface area (Å²) < 4.78 is 18.6. The third kappa shape index (κ3) is 4.64. The second-order valence-corrected chi connectivity index (χ2v) is 5.31. The highest BCUT2D eigenvalue weighted by Crippen LogP contribution is 2.21. The number of anilines is 1. The van der Waals surface area contributed by atoms with Crippen LogP contribution in [0.5, 0.6) is 0 Å². The normalized spacial score (nSPS) is 17.6. The van der Waals surface area contributed by atoms with Crippen LogP contribution >= 0.6 is 11.6 Å². The van der Waals surface area contributed by atoms with Gasteiger partial charge in [-0.1, -0.05) is 24.4 Å². The zero-order valence-electron chi connectivity index (χ0n) is 10.7. The Morgan fingerprint density at radius 2 is 2.16 bits per heavy atom. The van der Waals surface area contributed by atoms with E-state index in [4.69, 9.17) is 16.3 Å². The van der Waals surface area contributed by atoms with Gasteiger partial charge >= 0.3 is 0 Å². The van der Waals surface area contributed by atoms with Crippen LogP contribution in [0.1, 0.15) is 25.7 Å². The van der Waals surface area contributed by atoms with Crippen LogP contribution in [0, 0.1) is 5.82 Å². The summed E-state index contributed by atoms with van der Waals surface area (Å²) in [6.45, 7) is 0.682. The molecule has 2 N–H and O–H groups in total. The standard InChI is InChI=1S/C14H19ClFNO2/c15-13-7-10(5-6-14(13)16)17-8-11(18)9-19-12-3-1-2-4-12/h5-7,11-12,17-18H,1-4,8-9H2. The Labute approximate surface area is 117 Å². The van der Waals surface area contributed by atoms with Gasteiger partial charge in [-0.05, 0) is 31.0 Å². The van der Waals surface area contributed by atoms with Gasteiger partial charge in [0.25, 0.3) is 0 Å². The average Bonchev–Trinajstić information content (AvgIpc) is 2.91. The fourth-order valence-electron chi connectivity index (χ4n) is 2.20. The first-order chi connectivity index (χ1) is 9.15. The highest BCUT2D eigenvalue weighted by Gasteiger charge is 2.16. The number of ether oxygens (including phenoxy) is 1. The maximum absolute atomic E-state index is 13.0. The maximum Gasteiger partial charge on any atom is 0.141 e. The van der Waals surface area contributed by atoms with Crippen LogP contribution in [0.15, 0.2) is 18.2 Å². The number of benzene rings is 1. The Bertz CT molecular complexity index is 410. The third-order valence-corrected chi connectivity index (χ3v) is 3.58. The van der Waals surface area contributed by atoms with Crippen LogP contribution in [0.2, 0.25) is 5.02 Å². The lowest BCUT2D eigenvalue weighted by Gasteiger charge is -2.16. The summed E-state index contributed by atoms with van der Waals surface area (Å²) in [5, 5.41) is 12.9. The first-order valence-electron chi connectivity index (χ1n) is 6.64. The molecule has 1 atom stereocenters. The van der Waals surface area contributed by atoms with Crippen molar-refractivity contribution in [1.29, 1.82) is 0 Å². The summed E-state index contributed by atoms with van der Waals surface area (Å²) in [7, 11) is 0. The molecular formula is C14H19ClFNO2. The van der Waals surface area contributed by atoms with E-state index in [0.29, 0.717) is 24.9 Å². The van der Waals surface area contributed by atoms with Gasteiger partial charge in [0.2, 0.25) is 0 Å². The van der Waals surface area contributed by atoms with Crippen molar-refractivity contribution in [3.05, 3.63) is 29.0 Å². The van der Waals surface area contributed by atoms with E-state index in [0.717, 1.165) is 12.8 Å². The number of hydrogen-bond donors (Lipinski definition) is 2. The van der Waals surface area contributed by atoms with Crippen LogP contribution in [0.3, 0.4) is 0 Å². The van der Waals surface area contributed by atoms with Crippen LogP contribution in [0.4, 0.5) is 10.1 Å². The largest absolute Gasteiger partial charge is 0.389 e. The Hall–Kier alpha value is -0.840. The third-order valence-electron chi connectivity index (χ3n) is 3.29. The molecule has 0 aromatic heterocycles. The quantitative estimate of drug-likeness (QED) is 0.844. The molecule has 5 heteroatoms. The fraction of sp³-hybridized carbons (Fsp3) is 0.571. The van der Waals surface area contributed by atoms with E-state index < -0.39 is 11.9 Å². The van der Waals surface area contributed by atoms with E-state index in [1.807, 2.05) is 0 Å². The van der Waals surface area contributed by atoms with Crippen molar-refractivity contribution in [3.8, 4) is 0 Å². The minimum Gasteiger partial charge on any atom is -0.389 e. The molecule has 1 fully saturated rings. The lowest BCUT2D eigenvalue weighted by molar-refractivity contribution is -0.00117. The molecule has 3 nitrogen and oxygen atoms in total. The van der Waals surface area contributed by atoms with Crippen LogP contribution in [-0.2, 0) is 4.74 Å². The van der Waals surface area contributed by atoms with E-state index in [2.05, 4.69) is 5.32 Å². The molecular weight excluding hydrogens is 269 g/mol. The Morgan fingerprint density at radius 3 is 2.84 bits per heavy atom. The monoisotopic (exact) mass is 287 g/mol. The first-order valence-corrected chi connectivity index (χ1v) is 7.01. The molecule has 1 aliphatic rings. The van der Waals surface area contributed by atoms with Gasteiger partial charge in [0.15, 0.2) is 0 Å². The summed E-state index contributed by atoms with van der Waals surface area (Å²) in [6, 6.07) is 4.39. The molecule has 0 bridgehead atoms. The van der Waals surface area contributed by atoms with Crippen molar-refractivity contribution in [3.63, 3.8) is 0 Å². The minimum absolute atomic E-state index is 0.0710. The molecule has 1 aromatic rings. The van der Waals surface area contributed by atoms with Gasteiger partial charge in [-0.3, -0.25) is 0 Å². The van der Waals surface area contributed by atoms with E-state index in [1.54, 1.807) is 6.07 Å². The predicted octanol–water partition coefficient (Wildman–Crippen LogP) is 3.21. The van der Waals surface area contributed by atoms with Gasteiger partial charge in [0.05, 0.1) is 23.8 Å². The molecule has 106 valence electrons. The molecule has 0 saturated heterocycles. The second kappa shape index (κ2) is 7.08. The van der Waals surface area contributed by atoms with Gasteiger partial charge < -0.3 is 15.2 Å². The molecule has 0 heterocycles. The predicted molar refractivity (Wildman–Crippen MR) is 74.1 cm³/mol. The maximum atomic E-state index is 13.0. The second-order valence-electron chi connectivity index (χ2n) is 4.90. The molecule has 1 saturated carbocycles. The summed E-state index contributed by atoms with van der Waals surface area (Å²) >= 11 is 5.67. The molecule has 1 aliphatic carbocycles. The van der Waals surface area contributed by atoms with Crippen molar-refractivity contribution < 1.29 is 14.2 Å². The molecule has 19 heavy (non-hydrogen) atoms. The molecule has 0 radical (unpaired) electrons. The number of aliphatic hydroxyl groups is 1. The van der Waals surface area contributed by atoms with Crippen LogP contribution < -0.4 is 5.32 Å². The number of hydrogen-bond acceptors (Lipinski definition) is 3. The van der Waals surface area contributed by atoms with Gasteiger partial charge in [-0.2, -0.15) is 0 Å². The Balaban J connectivity index is 1.70. The van der Waals surface area contributed by atoms with Crippen molar-refractivity contribution in [2.24, 2.45) is 0 Å². The van der Waals surface area contributed by atoms with E-state index in [9.17, 15) is 9.50 Å². The number of aliphatic hydroxyl groups excluding tert-OH is 1. The molecule has 2 rings (SSSR count). The van der Waals surface area contributed by atoms with Crippen LogP contribution in [-0.4, -0.2) is 30.5 Å². The van der Waals surface area contributed by atoms with Crippen molar-refractivity contribution >= 4 is 17.3 Å². The van der Waals surface area contributed by atoms with Gasteiger partial charge in [0.1, 0.15) is 5.82 Å². The highest BCUT2D eigenvalue weighted by molar-refractivity contribution is 6.31. The minimum atomic E-state index is -0.579. The zero-order valence-corrected chi connectivity index (χ0v) is 11.5.